The molecule has 12 rings (SSSR count). The van der Waals surface area contributed by atoms with Gasteiger partial charge in [-0.05, 0) is 116 Å². The van der Waals surface area contributed by atoms with Crippen molar-refractivity contribution in [1.29, 1.82) is 0 Å². The fourth-order valence-electron chi connectivity index (χ4n) is 10.6. The summed E-state index contributed by atoms with van der Waals surface area (Å²) >= 11 is 0. The SMILES string of the molecule is Fc1cc(F)c([Si](c2ccccc2)(c2ccccc2)c2ccc(-c3ccc(N(c4ccc(-c5ccccc5)cc4)c4ccc(-c5ccc6c(c5)c5ccccc5n6-c5ccccc5)cc4)cc3)cc2)c(F)c1. The van der Waals surface area contributed by atoms with E-state index in [1.54, 1.807) is 0 Å². The van der Waals surface area contributed by atoms with E-state index in [2.05, 4.69) is 179 Å². The molecule has 2 nitrogen and oxygen atoms in total. The minimum atomic E-state index is -3.65. The Balaban J connectivity index is 0.912. The zero-order valence-electron chi connectivity index (χ0n) is 39.0. The monoisotopic (exact) mass is 950 g/mol. The fourth-order valence-corrected chi connectivity index (χ4v) is 15.4. The Labute approximate surface area is 417 Å². The molecule has 0 aliphatic rings. The second-order valence-corrected chi connectivity index (χ2v) is 21.8. The maximum atomic E-state index is 16.2. The summed E-state index contributed by atoms with van der Waals surface area (Å²) in [4.78, 5) is 2.27. The van der Waals surface area contributed by atoms with Gasteiger partial charge in [0.15, 0.2) is 8.07 Å². The number of anilines is 3. The van der Waals surface area contributed by atoms with E-state index in [4.69, 9.17) is 0 Å². The maximum absolute atomic E-state index is 16.2. The fraction of sp³-hybridized carbons (Fsp3) is 0. The van der Waals surface area contributed by atoms with E-state index in [0.717, 1.165) is 89.3 Å². The Kier molecular flexibility index (Phi) is 11.5. The molecule has 72 heavy (non-hydrogen) atoms. The number of hydrogen-bond acceptors (Lipinski definition) is 1. The highest BCUT2D eigenvalue weighted by atomic mass is 28.3. The van der Waals surface area contributed by atoms with Crippen molar-refractivity contribution in [2.75, 3.05) is 4.90 Å². The Hall–Kier alpha value is -8.97. The van der Waals surface area contributed by atoms with E-state index < -0.39 is 25.5 Å². The number of rotatable bonds is 11. The summed E-state index contributed by atoms with van der Waals surface area (Å²) in [5, 5.41) is 4.67. The molecule has 0 fully saturated rings. The summed E-state index contributed by atoms with van der Waals surface area (Å²) in [5.41, 5.74) is 12.9. The second kappa shape index (κ2) is 18.7. The number of aromatic nitrogens is 1. The van der Waals surface area contributed by atoms with Gasteiger partial charge in [-0.15, -0.1) is 0 Å². The van der Waals surface area contributed by atoms with Gasteiger partial charge in [0.25, 0.3) is 0 Å². The summed E-state index contributed by atoms with van der Waals surface area (Å²) in [6, 6.07) is 90.8. The first-order valence-electron chi connectivity index (χ1n) is 24.1. The van der Waals surface area contributed by atoms with Crippen LogP contribution in [0, 0.1) is 17.5 Å². The van der Waals surface area contributed by atoms with Crippen molar-refractivity contribution in [3.63, 3.8) is 0 Å². The molecule has 0 unspecified atom stereocenters. The Morgan fingerprint density at radius 1 is 0.306 bits per heavy atom. The van der Waals surface area contributed by atoms with Crippen LogP contribution in [0.5, 0.6) is 0 Å². The van der Waals surface area contributed by atoms with Gasteiger partial charge in [0, 0.05) is 50.8 Å². The summed E-state index contributed by atoms with van der Waals surface area (Å²) in [6.07, 6.45) is 0. The smallest absolute Gasteiger partial charge is 0.186 e. The van der Waals surface area contributed by atoms with Gasteiger partial charge in [-0.2, -0.15) is 0 Å². The van der Waals surface area contributed by atoms with Crippen molar-refractivity contribution < 1.29 is 13.2 Å². The van der Waals surface area contributed by atoms with Gasteiger partial charge in [0.2, 0.25) is 0 Å². The van der Waals surface area contributed by atoms with Crippen LogP contribution in [0.25, 0.3) is 60.9 Å². The van der Waals surface area contributed by atoms with Crippen LogP contribution in [0.2, 0.25) is 0 Å². The average molecular weight is 951 g/mol. The van der Waals surface area contributed by atoms with E-state index in [1.165, 1.54) is 16.3 Å². The highest BCUT2D eigenvalue weighted by molar-refractivity contribution is 7.20. The van der Waals surface area contributed by atoms with E-state index in [0.29, 0.717) is 0 Å². The molecule has 0 N–H and O–H groups in total. The van der Waals surface area contributed by atoms with Gasteiger partial charge in [-0.1, -0.05) is 194 Å². The quantitative estimate of drug-likeness (QED) is 0.0926. The normalized spacial score (nSPS) is 11.5. The van der Waals surface area contributed by atoms with E-state index in [1.807, 2.05) is 91.0 Å². The predicted molar refractivity (Wildman–Crippen MR) is 295 cm³/mol. The molecule has 1 aromatic heterocycles. The van der Waals surface area contributed by atoms with Crippen molar-refractivity contribution in [3.8, 4) is 39.1 Å². The van der Waals surface area contributed by atoms with Gasteiger partial charge < -0.3 is 9.47 Å². The van der Waals surface area contributed by atoms with Gasteiger partial charge >= 0.3 is 0 Å². The lowest BCUT2D eigenvalue weighted by Crippen LogP contribution is -2.76. The molecule has 11 aromatic carbocycles. The maximum Gasteiger partial charge on any atom is 0.186 e. The van der Waals surface area contributed by atoms with Crippen LogP contribution in [0.15, 0.2) is 273 Å². The topological polar surface area (TPSA) is 8.17 Å². The second-order valence-electron chi connectivity index (χ2n) is 18.1. The number of nitrogens with zero attached hydrogens (tertiary/aromatic N) is 2. The van der Waals surface area contributed by atoms with E-state index >= 15 is 8.78 Å². The minimum absolute atomic E-state index is 0.100. The highest BCUT2D eigenvalue weighted by Gasteiger charge is 2.45. The van der Waals surface area contributed by atoms with Crippen LogP contribution in [0.3, 0.4) is 0 Å². The van der Waals surface area contributed by atoms with Crippen LogP contribution in [-0.4, -0.2) is 12.6 Å². The molecule has 0 atom stereocenters. The van der Waals surface area contributed by atoms with Crippen LogP contribution >= 0.6 is 0 Å². The summed E-state index contributed by atoms with van der Waals surface area (Å²) in [5.74, 6) is -2.75. The molecular formula is C66H45F3N2Si. The van der Waals surface area contributed by atoms with Gasteiger partial charge in [0.1, 0.15) is 17.5 Å². The largest absolute Gasteiger partial charge is 0.311 e. The Bertz CT molecular complexity index is 3780. The van der Waals surface area contributed by atoms with E-state index in [-0.39, 0.29) is 5.19 Å². The standard InChI is InChI=1S/C66H45F3N2Si/c67-52-44-62(68)66(63(69)45-52)72(57-19-9-3-10-20-57,58-21-11-4-12-22-58)59-40-31-49(32-41-59)48-27-36-55(37-28-48)70(54-34-25-47(26-35-54)46-15-5-1-6-16-46)56-38-29-50(30-39-56)51-33-42-65-61(43-51)60-23-13-14-24-64(60)71(65)53-17-7-2-8-18-53/h1-45H. The average Bonchev–Trinajstić information content (AvgIpc) is 3.77. The van der Waals surface area contributed by atoms with Gasteiger partial charge in [-0.25, -0.2) is 13.2 Å². The number of fused-ring (bicyclic) bond motifs is 3. The molecule has 0 amide bonds. The third-order valence-corrected chi connectivity index (χ3v) is 18.8. The third-order valence-electron chi connectivity index (χ3n) is 14.0. The highest BCUT2D eigenvalue weighted by Crippen LogP contribution is 2.39. The molecule has 0 spiro atoms. The Morgan fingerprint density at radius 2 is 0.681 bits per heavy atom. The lowest BCUT2D eigenvalue weighted by molar-refractivity contribution is 0.553. The molecule has 1 heterocycles. The molecule has 0 saturated carbocycles. The van der Waals surface area contributed by atoms with Crippen molar-refractivity contribution in [2.45, 2.75) is 0 Å². The van der Waals surface area contributed by atoms with Gasteiger partial charge in [0.05, 0.1) is 11.0 Å². The summed E-state index contributed by atoms with van der Waals surface area (Å²) in [7, 11) is -3.65. The summed E-state index contributed by atoms with van der Waals surface area (Å²) < 4.78 is 49.4. The van der Waals surface area contributed by atoms with E-state index in [9.17, 15) is 4.39 Å². The van der Waals surface area contributed by atoms with Crippen molar-refractivity contribution in [1.82, 2.24) is 4.57 Å². The molecule has 12 aromatic rings. The number of hydrogen-bond donors (Lipinski definition) is 0. The van der Waals surface area contributed by atoms with Crippen LogP contribution in [0.4, 0.5) is 30.2 Å². The lowest BCUT2D eigenvalue weighted by Gasteiger charge is -2.34. The number of para-hydroxylation sites is 2. The zero-order chi connectivity index (χ0) is 48.6. The zero-order valence-corrected chi connectivity index (χ0v) is 40.0. The molecule has 0 bridgehead atoms. The number of benzene rings is 11. The molecule has 6 heteroatoms. The Morgan fingerprint density at radius 3 is 1.19 bits per heavy atom. The first-order chi connectivity index (χ1) is 35.4. The molecule has 0 radical (unpaired) electrons. The molecule has 344 valence electrons. The molecule has 0 aliphatic heterocycles. The molecule has 0 aliphatic carbocycles. The van der Waals surface area contributed by atoms with Crippen molar-refractivity contribution >= 4 is 67.7 Å². The predicted octanol–water partition coefficient (Wildman–Crippen LogP) is 15.0. The molecule has 0 saturated heterocycles. The number of halogens is 3. The minimum Gasteiger partial charge on any atom is -0.311 e. The van der Waals surface area contributed by atoms with Crippen LogP contribution < -0.4 is 25.6 Å². The van der Waals surface area contributed by atoms with Crippen LogP contribution in [0.1, 0.15) is 0 Å². The third kappa shape index (κ3) is 7.88. The van der Waals surface area contributed by atoms with Crippen molar-refractivity contribution in [3.05, 3.63) is 290 Å². The summed E-state index contributed by atoms with van der Waals surface area (Å²) in [6.45, 7) is 0. The van der Waals surface area contributed by atoms with Crippen molar-refractivity contribution in [2.24, 2.45) is 0 Å². The first-order valence-corrected chi connectivity index (χ1v) is 26.1. The lowest BCUT2D eigenvalue weighted by atomic mass is 10.0. The van der Waals surface area contributed by atoms with Gasteiger partial charge in [-0.3, -0.25) is 0 Å². The molecular weight excluding hydrogens is 906 g/mol. The van der Waals surface area contributed by atoms with Crippen LogP contribution in [-0.2, 0) is 0 Å². The first kappa shape index (κ1) is 44.2.